The van der Waals surface area contributed by atoms with Gasteiger partial charge in [-0.2, -0.15) is 0 Å². The van der Waals surface area contributed by atoms with Crippen LogP contribution in [0.1, 0.15) is 31.8 Å². The van der Waals surface area contributed by atoms with Gasteiger partial charge in [-0.25, -0.2) is 10.5 Å². The zero-order valence-electron chi connectivity index (χ0n) is 26.1. The Labute approximate surface area is 290 Å². The normalized spacial score (nSPS) is 11.6. The minimum atomic E-state index is -0.557. The summed E-state index contributed by atoms with van der Waals surface area (Å²) in [7, 11) is 0. The molecule has 2 heterocycles. The Kier molecular flexibility index (Phi) is 9.09. The molecule has 0 spiro atoms. The molecule has 0 amide bonds. The largest absolute Gasteiger partial charge is 0.288 e. The molecule has 0 radical (unpaired) electrons. The van der Waals surface area contributed by atoms with Crippen molar-refractivity contribution in [2.45, 2.75) is 23.6 Å². The van der Waals surface area contributed by atoms with Crippen LogP contribution in [-0.2, 0) is 18.7 Å². The Morgan fingerprint density at radius 1 is 0.540 bits per heavy atom. The third-order valence-corrected chi connectivity index (χ3v) is 9.64. The lowest BCUT2D eigenvalue weighted by Gasteiger charge is -2.19. The van der Waals surface area contributed by atoms with Crippen LogP contribution in [0.25, 0.3) is 43.6 Å². The fraction of sp³-hybridized carbons (Fsp3) is 0.0556. The van der Waals surface area contributed by atoms with E-state index in [4.69, 9.17) is 10.5 Å². The van der Waals surface area contributed by atoms with Crippen LogP contribution in [0, 0.1) is 13.8 Å². The third-order valence-electron chi connectivity index (χ3n) is 8.31. The van der Waals surface area contributed by atoms with Gasteiger partial charge in [0, 0.05) is 21.5 Å². The summed E-state index contributed by atoms with van der Waals surface area (Å²) in [6.07, 6.45) is 0. The van der Waals surface area contributed by atoms with Gasteiger partial charge in [-0.05, 0) is 74.5 Å². The highest BCUT2D eigenvalue weighted by Gasteiger charge is 2.25. The van der Waals surface area contributed by atoms with Gasteiger partial charge in [0.25, 0.3) is 11.8 Å². The van der Waals surface area contributed by atoms with Crippen LogP contribution in [-0.4, -0.2) is 31.5 Å². The van der Waals surface area contributed by atoms with Crippen LogP contribution in [0.15, 0.2) is 116 Å². The van der Waals surface area contributed by atoms with E-state index in [-0.39, 0.29) is 43.7 Å². The second kappa shape index (κ2) is 13.6. The number of nitrogens with zero attached hydrogens (tertiary/aromatic N) is 2. The fourth-order valence-corrected chi connectivity index (χ4v) is 7.09. The van der Waals surface area contributed by atoms with Gasteiger partial charge >= 0.3 is 0 Å². The van der Waals surface area contributed by atoms with Gasteiger partial charge in [0.1, 0.15) is 0 Å². The molecule has 0 fully saturated rings. The van der Waals surface area contributed by atoms with Crippen LogP contribution in [0.5, 0.6) is 0 Å². The maximum atomic E-state index is 14.5. The average molecular weight is 709 g/mol. The number of hydrogen-bond acceptors (Lipinski definition) is 12. The lowest BCUT2D eigenvalue weighted by atomic mass is 10.0. The molecular weight excluding hydrogens is 685 g/mol. The van der Waals surface area contributed by atoms with E-state index in [1.54, 1.807) is 84.9 Å². The van der Waals surface area contributed by atoms with Crippen LogP contribution < -0.4 is 10.9 Å². The Morgan fingerprint density at radius 2 is 0.920 bits per heavy atom. The van der Waals surface area contributed by atoms with Gasteiger partial charge in [-0.3, -0.25) is 28.3 Å². The quantitative estimate of drug-likeness (QED) is 0.0696. The van der Waals surface area contributed by atoms with Crippen molar-refractivity contribution in [3.8, 4) is 0 Å². The zero-order chi connectivity index (χ0) is 35.1. The van der Waals surface area contributed by atoms with E-state index < -0.39 is 22.7 Å². The number of benzene rings is 5. The number of carbonyl (C=O) groups excluding carboxylic acids is 2. The molecule has 14 heteroatoms. The summed E-state index contributed by atoms with van der Waals surface area (Å²) in [5.41, 5.74) is 1.89. The Balaban J connectivity index is 1.62. The van der Waals surface area contributed by atoms with Crippen molar-refractivity contribution in [1.29, 1.82) is 0 Å². The van der Waals surface area contributed by atoms with E-state index >= 15 is 0 Å². The summed E-state index contributed by atoms with van der Waals surface area (Å²) >= 11 is 1.22. The van der Waals surface area contributed by atoms with Crippen molar-refractivity contribution in [3.05, 3.63) is 140 Å². The highest BCUT2D eigenvalue weighted by Crippen LogP contribution is 2.32. The average Bonchev–Trinajstić information content (AvgIpc) is 3.13. The Morgan fingerprint density at radius 3 is 1.32 bits per heavy atom. The van der Waals surface area contributed by atoms with E-state index in [1.807, 2.05) is 13.8 Å². The molecule has 50 heavy (non-hydrogen) atoms. The van der Waals surface area contributed by atoms with Crippen molar-refractivity contribution in [1.82, 2.24) is 9.13 Å². The Hall–Kier alpha value is -5.16. The predicted molar refractivity (Wildman–Crippen MR) is 188 cm³/mol. The molecule has 2 N–H and O–H groups in total. The van der Waals surface area contributed by atoms with Crippen LogP contribution in [0.4, 0.5) is 0 Å². The maximum Gasteiger partial charge on any atom is 0.264 e. The molecule has 0 aliphatic rings. The van der Waals surface area contributed by atoms with Gasteiger partial charge in [-0.15, -0.1) is 8.67 Å². The van der Waals surface area contributed by atoms with Crippen LogP contribution >= 0.6 is 24.1 Å². The molecule has 7 aromatic rings. The van der Waals surface area contributed by atoms with Crippen LogP contribution in [0.2, 0.25) is 0 Å². The second-order valence-electron chi connectivity index (χ2n) is 11.3. The number of carbonyl (C=O) groups is 2. The van der Waals surface area contributed by atoms with Gasteiger partial charge in [0.15, 0.2) is 10.9 Å². The summed E-state index contributed by atoms with van der Waals surface area (Å²) in [5, 5.41) is 25.7. The first-order chi connectivity index (χ1) is 24.2. The fourth-order valence-electron chi connectivity index (χ4n) is 6.13. The van der Waals surface area contributed by atoms with E-state index in [0.29, 0.717) is 44.9 Å². The summed E-state index contributed by atoms with van der Waals surface area (Å²) in [6, 6.07) is 26.1. The number of aryl methyl sites for hydroxylation is 2. The minimum absolute atomic E-state index is 0.0797. The summed E-state index contributed by atoms with van der Waals surface area (Å²) in [5.74, 6) is -1.11. The summed E-state index contributed by atoms with van der Waals surface area (Å²) in [4.78, 5) is 58.3. The van der Waals surface area contributed by atoms with Crippen molar-refractivity contribution < 1.29 is 38.8 Å². The molecule has 250 valence electrons. The van der Waals surface area contributed by atoms with Gasteiger partial charge < -0.3 is 0 Å². The lowest BCUT2D eigenvalue weighted by Crippen LogP contribution is -2.22. The second-order valence-corrected chi connectivity index (χ2v) is 12.8. The van der Waals surface area contributed by atoms with Crippen molar-refractivity contribution in [2.75, 3.05) is 0 Å². The topological polar surface area (TPSA) is 156 Å². The molecule has 0 bridgehead atoms. The Bertz CT molecular complexity index is 2470. The van der Waals surface area contributed by atoms with E-state index in [0.717, 1.165) is 11.1 Å². The number of pyridine rings is 2. The van der Waals surface area contributed by atoms with Crippen molar-refractivity contribution in [2.24, 2.45) is 0 Å². The predicted octanol–water partition coefficient (Wildman–Crippen LogP) is 7.47. The monoisotopic (exact) mass is 708 g/mol. The standard InChI is InChI=1S/C36H24N2O10S2/c1-19-11-13-27-23(15-19)33(39)25-17-30-26(18-29(25)37(27)35(41)21-7-3-5-9-31(21)49-47-45-43)34(40)24-16-20(2)12-14-28(24)38(30)36(42)22-8-4-6-10-32(22)50-48-46-44/h3-18,43-44H,1-2H3. The zero-order valence-corrected chi connectivity index (χ0v) is 27.7. The first-order valence-corrected chi connectivity index (χ1v) is 16.4. The molecule has 12 nitrogen and oxygen atoms in total. The molecule has 5 aromatic carbocycles. The maximum absolute atomic E-state index is 14.5. The summed E-state index contributed by atoms with van der Waals surface area (Å²) < 4.78 is 12.0. The van der Waals surface area contributed by atoms with Crippen molar-refractivity contribution in [3.63, 3.8) is 0 Å². The van der Waals surface area contributed by atoms with Crippen LogP contribution in [0.3, 0.4) is 0 Å². The molecule has 0 atom stereocenters. The number of aromatic nitrogens is 2. The molecule has 2 aromatic heterocycles. The SMILES string of the molecule is Cc1ccc2c(c1)c(=O)c1cc3c(cc1n2C(=O)c1ccccc1SOOO)c(=O)c1cc(C)ccc1n3C(=O)c1ccccc1SOOO. The molecular formula is C36H24N2O10S2. The number of fused-ring (bicyclic) bond motifs is 4. The number of rotatable bonds is 8. The van der Waals surface area contributed by atoms with E-state index in [2.05, 4.69) is 18.7 Å². The van der Waals surface area contributed by atoms with Gasteiger partial charge in [0.05, 0.1) is 67.1 Å². The first kappa shape index (κ1) is 33.3. The molecule has 7 rings (SSSR count). The van der Waals surface area contributed by atoms with Gasteiger partial charge in [-0.1, -0.05) is 57.6 Å². The highest BCUT2D eigenvalue weighted by atomic mass is 32.2. The summed E-state index contributed by atoms with van der Waals surface area (Å²) in [6.45, 7) is 3.64. The molecule has 0 saturated carbocycles. The molecule has 0 saturated heterocycles. The van der Waals surface area contributed by atoms with Gasteiger partial charge in [0.2, 0.25) is 0 Å². The van der Waals surface area contributed by atoms with E-state index in [9.17, 15) is 19.2 Å². The smallest absolute Gasteiger partial charge is 0.264 e. The molecule has 0 aliphatic heterocycles. The lowest BCUT2D eigenvalue weighted by molar-refractivity contribution is -0.432. The van der Waals surface area contributed by atoms with Crippen molar-refractivity contribution >= 4 is 79.5 Å². The molecule has 0 unspecified atom stereocenters. The minimum Gasteiger partial charge on any atom is -0.288 e. The molecule has 0 aliphatic carbocycles. The number of hydrogen-bond donors (Lipinski definition) is 2. The highest BCUT2D eigenvalue weighted by molar-refractivity contribution is 7.94. The first-order valence-electron chi connectivity index (χ1n) is 14.9. The third kappa shape index (κ3) is 5.69. The van der Waals surface area contributed by atoms with E-state index in [1.165, 1.54) is 21.3 Å².